The van der Waals surface area contributed by atoms with Gasteiger partial charge in [-0.2, -0.15) is 5.10 Å². The smallest absolute Gasteiger partial charge is 0.253 e. The van der Waals surface area contributed by atoms with Gasteiger partial charge in [0.05, 0.1) is 12.6 Å². The first kappa shape index (κ1) is 29.9. The van der Waals surface area contributed by atoms with Gasteiger partial charge in [-0.05, 0) is 87.4 Å². The van der Waals surface area contributed by atoms with Gasteiger partial charge < -0.3 is 9.64 Å². The van der Waals surface area contributed by atoms with Gasteiger partial charge in [-0.3, -0.25) is 9.69 Å². The van der Waals surface area contributed by atoms with E-state index in [0.717, 1.165) is 72.7 Å². The lowest BCUT2D eigenvalue weighted by Gasteiger charge is -2.32. The molecular weight excluding hydrogens is 496 g/mol. The molecule has 0 bridgehead atoms. The van der Waals surface area contributed by atoms with Gasteiger partial charge in [-0.25, -0.2) is 4.52 Å². The van der Waals surface area contributed by atoms with Gasteiger partial charge in [0.2, 0.25) is 0 Å². The third-order valence-corrected chi connectivity index (χ3v) is 8.09. The molecule has 6 nitrogen and oxygen atoms in total. The first-order valence-electron chi connectivity index (χ1n) is 15.1. The number of pyridine rings is 1. The molecule has 0 spiro atoms. The molecule has 1 atom stereocenters. The Morgan fingerprint density at radius 3 is 2.40 bits per heavy atom. The van der Waals surface area contributed by atoms with Crippen LogP contribution in [0.2, 0.25) is 0 Å². The van der Waals surface area contributed by atoms with E-state index >= 15 is 0 Å². The number of nitrogens with zero attached hydrogens (tertiary/aromatic N) is 4. The van der Waals surface area contributed by atoms with Crippen LogP contribution in [0.4, 0.5) is 0 Å². The maximum absolute atomic E-state index is 13.8. The van der Waals surface area contributed by atoms with E-state index in [2.05, 4.69) is 63.8 Å². The van der Waals surface area contributed by atoms with Crippen LogP contribution in [-0.4, -0.2) is 64.7 Å². The Hall–Kier alpha value is -3.12. The van der Waals surface area contributed by atoms with Crippen molar-refractivity contribution in [3.8, 4) is 17.0 Å². The molecule has 3 aromatic rings. The second kappa shape index (κ2) is 14.0. The molecule has 1 unspecified atom stereocenters. The number of amides is 1. The van der Waals surface area contributed by atoms with Gasteiger partial charge in [0.15, 0.2) is 0 Å². The largest absolute Gasteiger partial charge is 0.497 e. The van der Waals surface area contributed by atoms with Crippen molar-refractivity contribution in [3.05, 3.63) is 59.8 Å². The molecule has 3 heterocycles. The van der Waals surface area contributed by atoms with Crippen LogP contribution >= 0.6 is 0 Å². The maximum Gasteiger partial charge on any atom is 0.253 e. The number of methoxy groups -OCH3 is 1. The highest BCUT2D eigenvalue weighted by atomic mass is 16.5. The van der Waals surface area contributed by atoms with E-state index in [1.54, 1.807) is 7.11 Å². The quantitative estimate of drug-likeness (QED) is 0.238. The van der Waals surface area contributed by atoms with Gasteiger partial charge in [0, 0.05) is 48.6 Å². The molecule has 0 radical (unpaired) electrons. The number of ether oxygens (including phenoxy) is 1. The highest BCUT2D eigenvalue weighted by Crippen LogP contribution is 2.30. The van der Waals surface area contributed by atoms with Crippen molar-refractivity contribution in [1.29, 1.82) is 0 Å². The molecule has 0 N–H and O–H groups in total. The zero-order valence-corrected chi connectivity index (χ0v) is 25.4. The SMILES string of the molecule is COc1ccc(-c2nn3ccc(C(=O)N(CCC(C)C)CCC(C)C)cc3c2C=CCN2CCCCC2C)cc1. The van der Waals surface area contributed by atoms with Crippen LogP contribution in [0.1, 0.15) is 82.6 Å². The summed E-state index contributed by atoms with van der Waals surface area (Å²) < 4.78 is 7.29. The van der Waals surface area contributed by atoms with Crippen LogP contribution in [0.15, 0.2) is 48.7 Å². The van der Waals surface area contributed by atoms with Crippen molar-refractivity contribution >= 4 is 17.5 Å². The van der Waals surface area contributed by atoms with Crippen LogP contribution in [-0.2, 0) is 0 Å². The number of rotatable bonds is 12. The van der Waals surface area contributed by atoms with Crippen molar-refractivity contribution < 1.29 is 9.53 Å². The van der Waals surface area contributed by atoms with Gasteiger partial charge in [0.25, 0.3) is 5.91 Å². The number of hydrogen-bond donors (Lipinski definition) is 0. The standard InChI is InChI=1S/C34H48N4O2/c1-25(2)16-21-37(22-17-26(3)4)34(39)29-18-23-38-32(24-29)31(11-9-20-36-19-8-7-10-27(36)5)33(35-38)28-12-14-30(40-6)15-13-28/h9,11-15,18,23-27H,7-8,10,16-17,19-22H2,1-6H3. The van der Waals surface area contributed by atoms with E-state index in [0.29, 0.717) is 17.9 Å². The van der Waals surface area contributed by atoms with Crippen LogP contribution in [0, 0.1) is 11.8 Å². The molecule has 2 aromatic heterocycles. The fraction of sp³-hybridized carbons (Fsp3) is 0.529. The number of carbonyl (C=O) groups is 1. The summed E-state index contributed by atoms with van der Waals surface area (Å²) in [5.74, 6) is 2.03. The molecule has 1 amide bonds. The molecule has 40 heavy (non-hydrogen) atoms. The zero-order chi connectivity index (χ0) is 28.6. The summed E-state index contributed by atoms with van der Waals surface area (Å²) in [6.45, 7) is 14.8. The van der Waals surface area contributed by atoms with Crippen molar-refractivity contribution in [2.24, 2.45) is 11.8 Å². The maximum atomic E-state index is 13.8. The lowest BCUT2D eigenvalue weighted by atomic mass is 10.0. The van der Waals surface area contributed by atoms with Gasteiger partial charge in [-0.1, -0.05) is 46.3 Å². The Bertz CT molecular complexity index is 1260. The fourth-order valence-corrected chi connectivity index (χ4v) is 5.38. The molecule has 216 valence electrons. The topological polar surface area (TPSA) is 50.1 Å². The van der Waals surface area contributed by atoms with Crippen LogP contribution < -0.4 is 4.74 Å². The first-order valence-corrected chi connectivity index (χ1v) is 15.1. The van der Waals surface area contributed by atoms with E-state index in [1.807, 2.05) is 39.9 Å². The number of piperidine rings is 1. The second-order valence-corrected chi connectivity index (χ2v) is 12.1. The lowest BCUT2D eigenvalue weighted by molar-refractivity contribution is 0.0741. The normalized spacial score (nSPS) is 16.4. The zero-order valence-electron chi connectivity index (χ0n) is 25.4. The third-order valence-electron chi connectivity index (χ3n) is 8.09. The Labute approximate surface area is 241 Å². The van der Waals surface area contributed by atoms with E-state index in [4.69, 9.17) is 9.84 Å². The molecule has 1 saturated heterocycles. The molecule has 4 rings (SSSR count). The van der Waals surface area contributed by atoms with E-state index in [-0.39, 0.29) is 5.91 Å². The Balaban J connectivity index is 1.70. The summed E-state index contributed by atoms with van der Waals surface area (Å²) in [6, 6.07) is 12.6. The van der Waals surface area contributed by atoms with E-state index in [9.17, 15) is 4.79 Å². The Kier molecular flexibility index (Phi) is 10.4. The summed E-state index contributed by atoms with van der Waals surface area (Å²) in [4.78, 5) is 18.4. The van der Waals surface area contributed by atoms with Gasteiger partial charge in [-0.15, -0.1) is 0 Å². The van der Waals surface area contributed by atoms with Crippen molar-refractivity contribution in [2.45, 2.75) is 72.8 Å². The van der Waals surface area contributed by atoms with Crippen LogP contribution in [0.3, 0.4) is 0 Å². The first-order chi connectivity index (χ1) is 19.3. The highest BCUT2D eigenvalue weighted by Gasteiger charge is 2.20. The Morgan fingerprint density at radius 1 is 1.07 bits per heavy atom. The molecule has 0 saturated carbocycles. The molecular formula is C34H48N4O2. The predicted molar refractivity (Wildman–Crippen MR) is 166 cm³/mol. The van der Waals surface area contributed by atoms with E-state index in [1.165, 1.54) is 19.3 Å². The minimum atomic E-state index is 0.105. The van der Waals surface area contributed by atoms with Gasteiger partial charge in [0.1, 0.15) is 11.4 Å². The van der Waals surface area contributed by atoms with Crippen molar-refractivity contribution in [2.75, 3.05) is 33.3 Å². The molecule has 1 aliphatic heterocycles. The van der Waals surface area contributed by atoms with Crippen molar-refractivity contribution in [3.63, 3.8) is 0 Å². The molecule has 6 heteroatoms. The number of benzene rings is 1. The number of likely N-dealkylation sites (tertiary alicyclic amines) is 1. The van der Waals surface area contributed by atoms with Crippen LogP contribution in [0.25, 0.3) is 22.9 Å². The molecule has 0 aliphatic carbocycles. The average Bonchev–Trinajstić information content (AvgIpc) is 3.31. The van der Waals surface area contributed by atoms with E-state index < -0.39 is 0 Å². The number of aromatic nitrogens is 2. The monoisotopic (exact) mass is 544 g/mol. The number of carbonyl (C=O) groups excluding carboxylic acids is 1. The highest BCUT2D eigenvalue weighted by molar-refractivity contribution is 5.96. The molecule has 1 aromatic carbocycles. The summed E-state index contributed by atoms with van der Waals surface area (Å²) in [7, 11) is 1.68. The summed E-state index contributed by atoms with van der Waals surface area (Å²) in [5, 5.41) is 4.97. The average molecular weight is 545 g/mol. The fourth-order valence-electron chi connectivity index (χ4n) is 5.38. The summed E-state index contributed by atoms with van der Waals surface area (Å²) in [5.41, 5.74) is 4.65. The minimum absolute atomic E-state index is 0.105. The number of fused-ring (bicyclic) bond motifs is 1. The number of hydrogen-bond acceptors (Lipinski definition) is 4. The lowest BCUT2D eigenvalue weighted by Crippen LogP contribution is -2.37. The summed E-state index contributed by atoms with van der Waals surface area (Å²) in [6.07, 6.45) is 12.2. The van der Waals surface area contributed by atoms with Crippen LogP contribution in [0.5, 0.6) is 5.75 Å². The second-order valence-electron chi connectivity index (χ2n) is 12.1. The molecule has 1 aliphatic rings. The Morgan fingerprint density at radius 2 is 1.77 bits per heavy atom. The minimum Gasteiger partial charge on any atom is -0.497 e. The van der Waals surface area contributed by atoms with Gasteiger partial charge >= 0.3 is 0 Å². The molecule has 1 fully saturated rings. The predicted octanol–water partition coefficient (Wildman–Crippen LogP) is 7.43. The summed E-state index contributed by atoms with van der Waals surface area (Å²) >= 11 is 0. The third kappa shape index (κ3) is 7.54. The van der Waals surface area contributed by atoms with Crippen molar-refractivity contribution in [1.82, 2.24) is 19.4 Å².